The van der Waals surface area contributed by atoms with Gasteiger partial charge in [0.2, 0.25) is 0 Å². The Morgan fingerprint density at radius 3 is 2.90 bits per heavy atom. The van der Waals surface area contributed by atoms with Gasteiger partial charge < -0.3 is 10.2 Å². The van der Waals surface area contributed by atoms with Gasteiger partial charge in [0.05, 0.1) is 0 Å². The zero-order chi connectivity index (χ0) is 14.8. The van der Waals surface area contributed by atoms with E-state index in [-0.39, 0.29) is 5.82 Å². The van der Waals surface area contributed by atoms with Crippen molar-refractivity contribution in [3.63, 3.8) is 0 Å². The van der Waals surface area contributed by atoms with Crippen molar-refractivity contribution in [2.45, 2.75) is 19.5 Å². The SMILES string of the molecule is CN1CCc2cc(CNCc3cc(Br)ccc3F)ccc21. The second kappa shape index (κ2) is 6.16. The normalized spacial score (nSPS) is 13.6. The van der Waals surface area contributed by atoms with E-state index >= 15 is 0 Å². The predicted molar refractivity (Wildman–Crippen MR) is 88.1 cm³/mol. The van der Waals surface area contributed by atoms with Crippen molar-refractivity contribution in [3.8, 4) is 0 Å². The summed E-state index contributed by atoms with van der Waals surface area (Å²) in [5.74, 6) is -0.165. The lowest BCUT2D eigenvalue weighted by Gasteiger charge is -2.12. The zero-order valence-corrected chi connectivity index (χ0v) is 13.6. The molecule has 0 bridgehead atoms. The molecular formula is C17H18BrFN2. The zero-order valence-electron chi connectivity index (χ0n) is 12.0. The molecule has 0 radical (unpaired) electrons. The van der Waals surface area contributed by atoms with Crippen molar-refractivity contribution in [1.29, 1.82) is 0 Å². The average Bonchev–Trinajstić information content (AvgIpc) is 2.84. The molecule has 0 spiro atoms. The molecule has 2 nitrogen and oxygen atoms in total. The monoisotopic (exact) mass is 348 g/mol. The molecule has 0 aromatic heterocycles. The van der Waals surface area contributed by atoms with Crippen molar-refractivity contribution >= 4 is 21.6 Å². The van der Waals surface area contributed by atoms with E-state index in [1.54, 1.807) is 6.07 Å². The fourth-order valence-electron chi connectivity index (χ4n) is 2.75. The van der Waals surface area contributed by atoms with Gasteiger partial charge in [-0.05, 0) is 41.8 Å². The summed E-state index contributed by atoms with van der Waals surface area (Å²) in [6.07, 6.45) is 1.11. The van der Waals surface area contributed by atoms with E-state index in [9.17, 15) is 4.39 Å². The first-order valence-electron chi connectivity index (χ1n) is 7.11. The van der Waals surface area contributed by atoms with E-state index < -0.39 is 0 Å². The minimum atomic E-state index is -0.165. The van der Waals surface area contributed by atoms with Crippen LogP contribution in [0, 0.1) is 5.82 Å². The van der Waals surface area contributed by atoms with Gasteiger partial charge in [-0.15, -0.1) is 0 Å². The van der Waals surface area contributed by atoms with Crippen LogP contribution in [-0.4, -0.2) is 13.6 Å². The molecule has 110 valence electrons. The van der Waals surface area contributed by atoms with Gasteiger partial charge in [0.25, 0.3) is 0 Å². The Morgan fingerprint density at radius 1 is 1.19 bits per heavy atom. The number of hydrogen-bond acceptors (Lipinski definition) is 2. The molecule has 0 saturated carbocycles. The van der Waals surface area contributed by atoms with Gasteiger partial charge in [-0.3, -0.25) is 0 Å². The third kappa shape index (κ3) is 3.27. The quantitative estimate of drug-likeness (QED) is 0.902. The van der Waals surface area contributed by atoms with Gasteiger partial charge in [-0.25, -0.2) is 4.39 Å². The molecule has 0 unspecified atom stereocenters. The molecular weight excluding hydrogens is 331 g/mol. The van der Waals surface area contributed by atoms with Crippen LogP contribution in [0.4, 0.5) is 10.1 Å². The molecule has 0 aliphatic carbocycles. The van der Waals surface area contributed by atoms with Gasteiger partial charge >= 0.3 is 0 Å². The average molecular weight is 349 g/mol. The fourth-order valence-corrected chi connectivity index (χ4v) is 3.16. The molecule has 2 aromatic carbocycles. The largest absolute Gasteiger partial charge is 0.374 e. The lowest BCUT2D eigenvalue weighted by Crippen LogP contribution is -2.14. The summed E-state index contributed by atoms with van der Waals surface area (Å²) in [4.78, 5) is 2.28. The highest BCUT2D eigenvalue weighted by molar-refractivity contribution is 9.10. The van der Waals surface area contributed by atoms with Crippen LogP contribution in [0.15, 0.2) is 40.9 Å². The molecule has 0 fully saturated rings. The minimum Gasteiger partial charge on any atom is -0.374 e. The van der Waals surface area contributed by atoms with Crippen molar-refractivity contribution in [1.82, 2.24) is 5.32 Å². The van der Waals surface area contributed by atoms with E-state index in [0.717, 1.165) is 24.0 Å². The summed E-state index contributed by atoms with van der Waals surface area (Å²) < 4.78 is 14.6. The third-order valence-corrected chi connectivity index (χ3v) is 4.42. The second-order valence-corrected chi connectivity index (χ2v) is 6.39. The molecule has 1 N–H and O–H groups in total. The Kier molecular flexibility index (Phi) is 4.27. The first kappa shape index (κ1) is 14.5. The highest BCUT2D eigenvalue weighted by Gasteiger charge is 2.15. The summed E-state index contributed by atoms with van der Waals surface area (Å²) in [5.41, 5.74) is 4.67. The number of nitrogens with zero attached hydrogens (tertiary/aromatic N) is 1. The van der Waals surface area contributed by atoms with Crippen LogP contribution in [0.3, 0.4) is 0 Å². The molecule has 0 amide bonds. The Balaban J connectivity index is 1.62. The lowest BCUT2D eigenvalue weighted by molar-refractivity contribution is 0.587. The second-order valence-electron chi connectivity index (χ2n) is 5.47. The lowest BCUT2D eigenvalue weighted by atomic mass is 10.1. The van der Waals surface area contributed by atoms with Crippen LogP contribution >= 0.6 is 15.9 Å². The van der Waals surface area contributed by atoms with E-state index in [2.05, 4.69) is 51.4 Å². The summed E-state index contributed by atoms with van der Waals surface area (Å²) in [6, 6.07) is 11.6. The van der Waals surface area contributed by atoms with Gasteiger partial charge in [0.15, 0.2) is 0 Å². The van der Waals surface area contributed by atoms with E-state index in [1.165, 1.54) is 22.9 Å². The molecule has 4 heteroatoms. The van der Waals surface area contributed by atoms with Gasteiger partial charge in [0, 0.05) is 42.4 Å². The Hall–Kier alpha value is -1.39. The van der Waals surface area contributed by atoms with Crippen LogP contribution < -0.4 is 10.2 Å². The number of anilines is 1. The summed E-state index contributed by atoms with van der Waals surface area (Å²) >= 11 is 3.37. The standard InChI is InChI=1S/C17H18BrFN2/c1-21-7-6-13-8-12(2-5-17(13)21)10-20-11-14-9-15(18)3-4-16(14)19/h2-5,8-9,20H,6-7,10-11H2,1H3. The molecule has 2 aromatic rings. The van der Waals surface area contributed by atoms with Crippen molar-refractivity contribution in [3.05, 3.63) is 63.4 Å². The summed E-state index contributed by atoms with van der Waals surface area (Å²) in [7, 11) is 2.12. The Morgan fingerprint density at radius 2 is 2.05 bits per heavy atom. The van der Waals surface area contributed by atoms with E-state index in [0.29, 0.717) is 12.1 Å². The maximum absolute atomic E-state index is 13.7. The highest BCUT2D eigenvalue weighted by Crippen LogP contribution is 2.27. The molecule has 21 heavy (non-hydrogen) atoms. The van der Waals surface area contributed by atoms with Crippen LogP contribution in [0.25, 0.3) is 0 Å². The maximum atomic E-state index is 13.7. The van der Waals surface area contributed by atoms with E-state index in [4.69, 9.17) is 0 Å². The predicted octanol–water partition coefficient (Wildman–Crippen LogP) is 3.87. The Labute approximate surface area is 133 Å². The highest BCUT2D eigenvalue weighted by atomic mass is 79.9. The topological polar surface area (TPSA) is 15.3 Å². The minimum absolute atomic E-state index is 0.165. The fraction of sp³-hybridized carbons (Fsp3) is 0.294. The molecule has 1 aliphatic heterocycles. The number of hydrogen-bond donors (Lipinski definition) is 1. The summed E-state index contributed by atoms with van der Waals surface area (Å²) in [6.45, 7) is 2.38. The molecule has 0 saturated heterocycles. The first-order valence-corrected chi connectivity index (χ1v) is 7.90. The van der Waals surface area contributed by atoms with Gasteiger partial charge in [0.1, 0.15) is 5.82 Å². The van der Waals surface area contributed by atoms with E-state index in [1.807, 2.05) is 6.07 Å². The van der Waals surface area contributed by atoms with Crippen molar-refractivity contribution < 1.29 is 4.39 Å². The van der Waals surface area contributed by atoms with Gasteiger partial charge in [-0.2, -0.15) is 0 Å². The van der Waals surface area contributed by atoms with Crippen molar-refractivity contribution in [2.75, 3.05) is 18.5 Å². The van der Waals surface area contributed by atoms with Crippen molar-refractivity contribution in [2.24, 2.45) is 0 Å². The number of nitrogens with one attached hydrogen (secondary N) is 1. The molecule has 1 heterocycles. The number of halogens is 2. The van der Waals surface area contributed by atoms with Crippen LogP contribution in [-0.2, 0) is 19.5 Å². The Bertz CT molecular complexity index is 657. The number of fused-ring (bicyclic) bond motifs is 1. The van der Waals surface area contributed by atoms with Gasteiger partial charge in [-0.1, -0.05) is 28.1 Å². The first-order chi connectivity index (χ1) is 10.1. The smallest absolute Gasteiger partial charge is 0.127 e. The maximum Gasteiger partial charge on any atom is 0.127 e. The third-order valence-electron chi connectivity index (χ3n) is 3.92. The number of benzene rings is 2. The molecule has 3 rings (SSSR count). The molecule has 0 atom stereocenters. The molecule has 1 aliphatic rings. The number of likely N-dealkylation sites (N-methyl/N-ethyl adjacent to an activating group) is 1. The summed E-state index contributed by atoms with van der Waals surface area (Å²) in [5, 5.41) is 3.31. The van der Waals surface area contributed by atoms with Crippen LogP contribution in [0.5, 0.6) is 0 Å². The van der Waals surface area contributed by atoms with Crippen LogP contribution in [0.1, 0.15) is 16.7 Å². The van der Waals surface area contributed by atoms with Crippen LogP contribution in [0.2, 0.25) is 0 Å². The number of rotatable bonds is 4.